The molecule has 9 N–H and O–H groups in total. The largest absolute Gasteiger partial charge is 0.469 e. The molecule has 1 fully saturated rings. The number of nitrogens with two attached hydrogens (primary N) is 2. The number of thiophene rings is 1. The van der Waals surface area contributed by atoms with Crippen LogP contribution in [0.3, 0.4) is 0 Å². The summed E-state index contributed by atoms with van der Waals surface area (Å²) in [6.45, 7) is 2.87. The second-order valence-corrected chi connectivity index (χ2v) is 17.2. The van der Waals surface area contributed by atoms with Crippen molar-refractivity contribution >= 4 is 69.6 Å². The van der Waals surface area contributed by atoms with Crippen LogP contribution in [0.15, 0.2) is 71.9 Å². The summed E-state index contributed by atoms with van der Waals surface area (Å²) in [6.07, 6.45) is -0.387. The maximum absolute atomic E-state index is 14.4. The topological polar surface area (TPSA) is 273 Å². The Balaban J connectivity index is 1.37. The zero-order chi connectivity index (χ0) is 42.9. The van der Waals surface area contributed by atoms with Gasteiger partial charge in [0.1, 0.15) is 24.7 Å². The average molecular weight is 852 g/mol. The number of likely N-dealkylation sites (tertiary alicyclic amines) is 1. The number of nitrogens with zero attached hydrogens (tertiary/aromatic N) is 2. The van der Waals surface area contributed by atoms with Gasteiger partial charge in [-0.15, -0.1) is 11.3 Å². The first-order valence-electron chi connectivity index (χ1n) is 19.3. The van der Waals surface area contributed by atoms with Crippen molar-refractivity contribution in [3.05, 3.63) is 87.6 Å². The van der Waals surface area contributed by atoms with Crippen molar-refractivity contribution in [3.8, 4) is 0 Å². The molecule has 0 aliphatic carbocycles. The Kier molecular flexibility index (Phi) is 15.4. The number of nitroso groups, excluding NO2 is 1. The number of piperidine rings is 1. The Bertz CT molecular complexity index is 2230. The lowest BCUT2D eigenvalue weighted by Crippen LogP contribution is -2.63. The lowest BCUT2D eigenvalue weighted by Gasteiger charge is -2.39. The smallest absolute Gasteiger partial charge is 0.370 e. The first-order valence-corrected chi connectivity index (χ1v) is 21.6. The van der Waals surface area contributed by atoms with Crippen LogP contribution in [0.5, 0.6) is 0 Å². The van der Waals surface area contributed by atoms with E-state index < -0.39 is 73.7 Å². The highest BCUT2D eigenvalue weighted by Gasteiger charge is 2.41. The zero-order valence-electron chi connectivity index (χ0n) is 32.7. The van der Waals surface area contributed by atoms with E-state index in [0.717, 1.165) is 31.3 Å². The highest BCUT2D eigenvalue weighted by atomic mass is 32.1. The van der Waals surface area contributed by atoms with Gasteiger partial charge in [0.2, 0.25) is 29.5 Å². The average Bonchev–Trinajstić information content (AvgIpc) is 3.58. The van der Waals surface area contributed by atoms with Gasteiger partial charge in [0.05, 0.1) is 18.2 Å². The second kappa shape index (κ2) is 20.2. The van der Waals surface area contributed by atoms with E-state index in [2.05, 4.69) is 21.1 Å². The van der Waals surface area contributed by atoms with Crippen molar-refractivity contribution in [1.29, 1.82) is 0 Å². The quantitative estimate of drug-likeness (QED) is 0.0532. The molecule has 59 heavy (non-hydrogen) atoms. The minimum absolute atomic E-state index is 0.00324. The first-order chi connectivity index (χ1) is 28.0. The molecular formula is C40H50N7O10PS. The molecule has 4 aromatic rings. The molecule has 17 nitrogen and oxygen atoms in total. The Labute approximate surface area is 344 Å². The number of phosphoric acid groups is 1. The van der Waals surface area contributed by atoms with Gasteiger partial charge in [-0.25, -0.2) is 4.57 Å². The van der Waals surface area contributed by atoms with Crippen LogP contribution in [0.4, 0.5) is 0 Å². The molecule has 1 aliphatic rings. The SMILES string of the molecule is Cc1ccc2cc(C[C@H](N)C(=O)NC(C(=O)N3CCCC[C@H]3C(=O)N[C@@H](Cc3ccc4ccccc4c3)C(=O)N[C@H](CCC(N)=O)CN=O)C(C)OP(=O)(O)O)sc2c1. The number of aryl methyl sites for hydroxylation is 1. The van der Waals surface area contributed by atoms with Gasteiger partial charge in [0.25, 0.3) is 0 Å². The van der Waals surface area contributed by atoms with Crippen LogP contribution in [0.1, 0.15) is 55.0 Å². The molecule has 0 bridgehead atoms. The molecule has 0 saturated carbocycles. The number of hydrogen-bond donors (Lipinski definition) is 7. The molecule has 316 valence electrons. The lowest BCUT2D eigenvalue weighted by molar-refractivity contribution is -0.147. The van der Waals surface area contributed by atoms with E-state index in [9.17, 15) is 43.2 Å². The minimum atomic E-state index is -5.17. The maximum atomic E-state index is 14.4. The van der Waals surface area contributed by atoms with Crippen LogP contribution < -0.4 is 27.4 Å². The fourth-order valence-electron chi connectivity index (χ4n) is 7.16. The zero-order valence-corrected chi connectivity index (χ0v) is 34.5. The van der Waals surface area contributed by atoms with Gasteiger partial charge < -0.3 is 42.1 Å². The highest BCUT2D eigenvalue weighted by molar-refractivity contribution is 7.46. The number of hydrogen-bond acceptors (Lipinski definition) is 11. The third kappa shape index (κ3) is 12.7. The predicted molar refractivity (Wildman–Crippen MR) is 223 cm³/mol. The number of benzene rings is 3. The number of fused-ring (bicyclic) bond motifs is 2. The standard InChI is InChI=1S/C40H50N7O10PS/c1-23-10-12-28-20-30(59-34(28)17-23)21-31(41)37(49)46-36(24(2)57-58(54,55)56)40(52)47-16-6-5-9-33(47)39(51)45-32(38(50)44-29(22-43-53)14-15-35(42)48)19-25-11-13-26-7-3-4-8-27(26)18-25/h3-4,7-8,10-13,17-18,20,24,29,31-33,36H,5-6,9,14-16,19,21-22,41H2,1-2H3,(H2,42,48)(H,44,50)(H,45,51)(H,46,49)(H2,54,55,56)/t24?,29-,31+,32+,33+,36?/m1/s1. The lowest BCUT2D eigenvalue weighted by atomic mass is 9.97. The number of carbonyl (C=O) groups excluding carboxylic acids is 5. The molecule has 0 spiro atoms. The van der Waals surface area contributed by atoms with Gasteiger partial charge in [0, 0.05) is 35.4 Å². The number of primary amides is 1. The number of nitrogens with one attached hydrogen (secondary N) is 3. The van der Waals surface area contributed by atoms with Gasteiger partial charge in [0.15, 0.2) is 0 Å². The molecule has 2 heterocycles. The van der Waals surface area contributed by atoms with Crippen molar-refractivity contribution in [1.82, 2.24) is 20.9 Å². The molecule has 0 radical (unpaired) electrons. The summed E-state index contributed by atoms with van der Waals surface area (Å²) in [5.41, 5.74) is 13.4. The van der Waals surface area contributed by atoms with Gasteiger partial charge >= 0.3 is 7.82 Å². The summed E-state index contributed by atoms with van der Waals surface area (Å²) >= 11 is 1.47. The number of amides is 5. The number of rotatable bonds is 19. The normalized spacial score (nSPS) is 17.0. The van der Waals surface area contributed by atoms with Crippen molar-refractivity contribution in [2.24, 2.45) is 16.6 Å². The van der Waals surface area contributed by atoms with Gasteiger partial charge in [-0.05, 0) is 78.9 Å². The van der Waals surface area contributed by atoms with E-state index in [4.69, 9.17) is 16.0 Å². The molecule has 1 aromatic heterocycles. The summed E-state index contributed by atoms with van der Waals surface area (Å²) < 4.78 is 17.9. The summed E-state index contributed by atoms with van der Waals surface area (Å²) in [7, 11) is -5.17. The van der Waals surface area contributed by atoms with Crippen LogP contribution in [0.25, 0.3) is 20.9 Å². The molecule has 6 atom stereocenters. The second-order valence-electron chi connectivity index (χ2n) is 14.9. The Morgan fingerprint density at radius 2 is 1.68 bits per heavy atom. The van der Waals surface area contributed by atoms with Gasteiger partial charge in [-0.2, -0.15) is 4.91 Å². The van der Waals surface area contributed by atoms with Crippen LogP contribution >= 0.6 is 19.2 Å². The van der Waals surface area contributed by atoms with E-state index in [1.54, 1.807) is 0 Å². The monoisotopic (exact) mass is 851 g/mol. The first kappa shape index (κ1) is 45.0. The van der Waals surface area contributed by atoms with Crippen LogP contribution in [-0.4, -0.2) is 93.6 Å². The summed E-state index contributed by atoms with van der Waals surface area (Å²) in [5, 5.41) is 13.7. The maximum Gasteiger partial charge on any atom is 0.469 e. The van der Waals surface area contributed by atoms with Gasteiger partial charge in [-0.1, -0.05) is 59.8 Å². The van der Waals surface area contributed by atoms with E-state index in [0.29, 0.717) is 18.4 Å². The Morgan fingerprint density at radius 3 is 2.39 bits per heavy atom. The van der Waals surface area contributed by atoms with E-state index in [1.165, 1.54) is 23.2 Å². The molecule has 2 unspecified atom stereocenters. The summed E-state index contributed by atoms with van der Waals surface area (Å²) in [4.78, 5) is 100. The molecule has 5 rings (SSSR count). The molecular weight excluding hydrogens is 802 g/mol. The fourth-order valence-corrected chi connectivity index (χ4v) is 8.94. The number of carbonyl (C=O) groups is 5. The summed E-state index contributed by atoms with van der Waals surface area (Å²) in [5.74, 6) is -3.63. The van der Waals surface area contributed by atoms with Crippen LogP contribution in [0.2, 0.25) is 0 Å². The molecule has 3 aromatic carbocycles. The number of phosphoric ester groups is 1. The molecule has 19 heteroatoms. The Morgan fingerprint density at radius 1 is 0.949 bits per heavy atom. The molecule has 1 aliphatic heterocycles. The highest BCUT2D eigenvalue weighted by Crippen LogP contribution is 2.38. The van der Waals surface area contributed by atoms with Crippen molar-refractivity contribution in [2.45, 2.75) is 95.1 Å². The van der Waals surface area contributed by atoms with Crippen LogP contribution in [-0.2, 0) is 45.9 Å². The molecule has 5 amide bonds. The van der Waals surface area contributed by atoms with Crippen molar-refractivity contribution in [2.75, 3.05) is 13.1 Å². The van der Waals surface area contributed by atoms with Crippen molar-refractivity contribution < 1.29 is 42.8 Å². The van der Waals surface area contributed by atoms with Crippen molar-refractivity contribution in [3.63, 3.8) is 0 Å². The van der Waals surface area contributed by atoms with Crippen LogP contribution in [0, 0.1) is 11.8 Å². The molecule has 1 saturated heterocycles. The van der Waals surface area contributed by atoms with E-state index >= 15 is 0 Å². The third-order valence-electron chi connectivity index (χ3n) is 10.2. The Hall–Kier alpha value is -5.10. The minimum Gasteiger partial charge on any atom is -0.370 e. The van der Waals surface area contributed by atoms with E-state index in [1.807, 2.05) is 73.7 Å². The fraction of sp³-hybridized carbons (Fsp3) is 0.425. The predicted octanol–water partition coefficient (Wildman–Crippen LogP) is 2.84. The van der Waals surface area contributed by atoms with Gasteiger partial charge in [-0.3, -0.25) is 28.5 Å². The summed E-state index contributed by atoms with van der Waals surface area (Å²) in [6, 6.07) is 14.9. The van der Waals surface area contributed by atoms with E-state index in [-0.39, 0.29) is 45.2 Å². The third-order valence-corrected chi connectivity index (χ3v) is 11.9.